The van der Waals surface area contributed by atoms with Gasteiger partial charge in [-0.25, -0.2) is 0 Å². The number of rotatable bonds is 0. The lowest BCUT2D eigenvalue weighted by Crippen LogP contribution is -1.99. The van der Waals surface area contributed by atoms with Gasteiger partial charge in [-0.3, -0.25) is 0 Å². The van der Waals surface area contributed by atoms with Crippen molar-refractivity contribution >= 4 is 23.4 Å². The number of hydrogen-bond donors (Lipinski definition) is 1. The summed E-state index contributed by atoms with van der Waals surface area (Å²) in [6.07, 6.45) is 0.501. The van der Waals surface area contributed by atoms with Crippen LogP contribution in [0.15, 0.2) is 18.2 Å². The summed E-state index contributed by atoms with van der Waals surface area (Å²) >= 11 is 7.89. The fraction of sp³-hybridized carbons (Fsp3) is 0.400. The second kappa shape index (κ2) is 3.91. The Kier molecular flexibility index (Phi) is 2.82. The largest absolute Gasteiger partial charge is 0.388 e. The van der Waals surface area contributed by atoms with Gasteiger partial charge >= 0.3 is 0 Å². The van der Waals surface area contributed by atoms with Crippen LogP contribution in [-0.4, -0.2) is 10.9 Å². The van der Waals surface area contributed by atoms with Gasteiger partial charge < -0.3 is 5.11 Å². The van der Waals surface area contributed by atoms with Crippen LogP contribution in [0.5, 0.6) is 0 Å². The lowest BCUT2D eigenvalue weighted by Gasteiger charge is -2.11. The molecule has 0 bridgehead atoms. The molecule has 1 aliphatic rings. The molecule has 1 N–H and O–H groups in total. The van der Waals surface area contributed by atoms with Crippen molar-refractivity contribution in [2.24, 2.45) is 0 Å². The minimum absolute atomic E-state index is 0.330. The zero-order valence-electron chi connectivity index (χ0n) is 7.16. The first kappa shape index (κ1) is 9.38. The van der Waals surface area contributed by atoms with Crippen LogP contribution in [0.25, 0.3) is 0 Å². The van der Waals surface area contributed by atoms with Crippen molar-refractivity contribution in [3.8, 4) is 0 Å². The van der Waals surface area contributed by atoms with Crippen LogP contribution in [0.2, 0.25) is 5.02 Å². The Morgan fingerprint density at radius 2 is 2.31 bits per heavy atom. The molecule has 13 heavy (non-hydrogen) atoms. The second-order valence-corrected chi connectivity index (χ2v) is 4.68. The number of aliphatic hydroxyl groups is 1. The Labute approximate surface area is 87.1 Å². The van der Waals surface area contributed by atoms with Gasteiger partial charge in [0.25, 0.3) is 0 Å². The molecular weight excluding hydrogens is 204 g/mol. The van der Waals surface area contributed by atoms with Crippen molar-refractivity contribution in [3.05, 3.63) is 34.3 Å². The van der Waals surface area contributed by atoms with E-state index in [1.807, 2.05) is 30.0 Å². The van der Waals surface area contributed by atoms with Gasteiger partial charge in [0.15, 0.2) is 0 Å². The maximum atomic E-state index is 9.79. The molecule has 1 heterocycles. The molecule has 2 rings (SSSR count). The molecule has 0 spiro atoms. The number of halogens is 1. The highest BCUT2D eigenvalue weighted by atomic mass is 35.5. The van der Waals surface area contributed by atoms with E-state index in [0.29, 0.717) is 0 Å². The highest BCUT2D eigenvalue weighted by Gasteiger charge is 2.17. The third kappa shape index (κ3) is 1.85. The lowest BCUT2D eigenvalue weighted by molar-refractivity contribution is 0.175. The maximum absolute atomic E-state index is 9.79. The Morgan fingerprint density at radius 1 is 1.46 bits per heavy atom. The summed E-state index contributed by atoms with van der Waals surface area (Å²) in [5, 5.41) is 10.6. The van der Waals surface area contributed by atoms with E-state index in [4.69, 9.17) is 11.6 Å². The van der Waals surface area contributed by atoms with Crippen molar-refractivity contribution < 1.29 is 5.11 Å². The van der Waals surface area contributed by atoms with E-state index in [0.717, 1.165) is 34.1 Å². The van der Waals surface area contributed by atoms with Crippen molar-refractivity contribution in [2.75, 3.05) is 5.75 Å². The highest BCUT2D eigenvalue weighted by Crippen LogP contribution is 2.34. The number of thioether (sulfide) groups is 1. The smallest absolute Gasteiger partial charge is 0.0801 e. The molecule has 0 radical (unpaired) electrons. The summed E-state index contributed by atoms with van der Waals surface area (Å²) in [4.78, 5) is 0. The standard InChI is InChI=1S/C10H11ClOS/c11-9-3-1-2-7-8(9)6-13-5-4-10(7)12/h1-3,10,12H,4-6H2. The monoisotopic (exact) mass is 214 g/mol. The Bertz CT molecular complexity index is 314. The van der Waals surface area contributed by atoms with Gasteiger partial charge in [-0.15, -0.1) is 0 Å². The van der Waals surface area contributed by atoms with Gasteiger partial charge in [-0.05, 0) is 29.4 Å². The first-order chi connectivity index (χ1) is 6.29. The Morgan fingerprint density at radius 3 is 3.15 bits per heavy atom. The topological polar surface area (TPSA) is 20.2 Å². The molecule has 0 amide bonds. The molecule has 0 saturated carbocycles. The van der Waals surface area contributed by atoms with Crippen LogP contribution in [-0.2, 0) is 5.75 Å². The van der Waals surface area contributed by atoms with Gasteiger partial charge in [0, 0.05) is 10.8 Å². The summed E-state index contributed by atoms with van der Waals surface area (Å²) in [7, 11) is 0. The average molecular weight is 215 g/mol. The summed E-state index contributed by atoms with van der Waals surface area (Å²) in [5.41, 5.74) is 2.12. The van der Waals surface area contributed by atoms with Crippen molar-refractivity contribution in [3.63, 3.8) is 0 Å². The first-order valence-corrected chi connectivity index (χ1v) is 5.85. The van der Waals surface area contributed by atoms with E-state index in [2.05, 4.69) is 0 Å². The van der Waals surface area contributed by atoms with Gasteiger partial charge in [0.2, 0.25) is 0 Å². The zero-order chi connectivity index (χ0) is 9.26. The van der Waals surface area contributed by atoms with Crippen molar-refractivity contribution in [2.45, 2.75) is 18.3 Å². The fourth-order valence-corrected chi connectivity index (χ4v) is 2.95. The summed E-state index contributed by atoms with van der Waals surface area (Å²) in [6.45, 7) is 0. The molecule has 1 aliphatic heterocycles. The van der Waals surface area contributed by atoms with Crippen molar-refractivity contribution in [1.82, 2.24) is 0 Å². The molecule has 1 nitrogen and oxygen atoms in total. The first-order valence-electron chi connectivity index (χ1n) is 4.32. The molecule has 0 aromatic heterocycles. The zero-order valence-corrected chi connectivity index (χ0v) is 8.74. The molecule has 1 unspecified atom stereocenters. The summed E-state index contributed by atoms with van der Waals surface area (Å²) in [5.74, 6) is 1.93. The molecule has 0 fully saturated rings. The van der Waals surface area contributed by atoms with Crippen LogP contribution in [0, 0.1) is 0 Å². The van der Waals surface area contributed by atoms with E-state index in [9.17, 15) is 5.11 Å². The van der Waals surface area contributed by atoms with Crippen LogP contribution in [0.3, 0.4) is 0 Å². The lowest BCUT2D eigenvalue weighted by atomic mass is 10.0. The summed E-state index contributed by atoms with van der Waals surface area (Å²) in [6, 6.07) is 5.76. The minimum Gasteiger partial charge on any atom is -0.388 e. The normalized spacial score (nSPS) is 22.2. The van der Waals surface area contributed by atoms with E-state index in [-0.39, 0.29) is 6.10 Å². The molecule has 1 aromatic rings. The van der Waals surface area contributed by atoms with Gasteiger partial charge in [-0.2, -0.15) is 11.8 Å². The van der Waals surface area contributed by atoms with E-state index < -0.39 is 0 Å². The number of fused-ring (bicyclic) bond motifs is 1. The van der Waals surface area contributed by atoms with Crippen LogP contribution >= 0.6 is 23.4 Å². The van der Waals surface area contributed by atoms with E-state index in [1.54, 1.807) is 0 Å². The molecule has 3 heteroatoms. The average Bonchev–Trinajstić information content (AvgIpc) is 2.30. The maximum Gasteiger partial charge on any atom is 0.0801 e. The highest BCUT2D eigenvalue weighted by molar-refractivity contribution is 7.98. The van der Waals surface area contributed by atoms with Gasteiger partial charge in [0.1, 0.15) is 0 Å². The molecule has 0 aliphatic carbocycles. The van der Waals surface area contributed by atoms with Crippen LogP contribution in [0.4, 0.5) is 0 Å². The van der Waals surface area contributed by atoms with Crippen LogP contribution in [0.1, 0.15) is 23.7 Å². The van der Waals surface area contributed by atoms with Gasteiger partial charge in [-0.1, -0.05) is 23.7 Å². The predicted molar refractivity (Wildman–Crippen MR) is 57.2 cm³/mol. The SMILES string of the molecule is OC1CCSCc2c(Cl)cccc21. The predicted octanol–water partition coefficient (Wildman–Crippen LogP) is 3.01. The second-order valence-electron chi connectivity index (χ2n) is 3.16. The Hall–Kier alpha value is -0.180. The molecule has 1 atom stereocenters. The quantitative estimate of drug-likeness (QED) is 0.717. The number of hydrogen-bond acceptors (Lipinski definition) is 2. The number of benzene rings is 1. The minimum atomic E-state index is -0.330. The molecular formula is C10H11ClOS. The van der Waals surface area contributed by atoms with E-state index >= 15 is 0 Å². The molecule has 70 valence electrons. The molecule has 0 saturated heterocycles. The van der Waals surface area contributed by atoms with Crippen molar-refractivity contribution in [1.29, 1.82) is 0 Å². The number of aliphatic hydroxyl groups excluding tert-OH is 1. The Balaban J connectivity index is 2.47. The van der Waals surface area contributed by atoms with Crippen LogP contribution < -0.4 is 0 Å². The molecule has 1 aromatic carbocycles. The third-order valence-electron chi connectivity index (χ3n) is 2.30. The van der Waals surface area contributed by atoms with Gasteiger partial charge in [0.05, 0.1) is 6.10 Å². The third-order valence-corrected chi connectivity index (χ3v) is 3.67. The fourth-order valence-electron chi connectivity index (χ4n) is 1.56. The summed E-state index contributed by atoms with van der Waals surface area (Å²) < 4.78 is 0. The van der Waals surface area contributed by atoms with E-state index in [1.165, 1.54) is 0 Å².